The van der Waals surface area contributed by atoms with Crippen molar-refractivity contribution in [2.24, 2.45) is 5.10 Å². The minimum atomic E-state index is -1.10. The number of carbonyl (C=O) groups excluding carboxylic acids is 1. The van der Waals surface area contributed by atoms with E-state index in [2.05, 4.69) is 33.0 Å². The highest BCUT2D eigenvalue weighted by Crippen LogP contribution is 2.33. The molecule has 2 N–H and O–H groups in total. The molecule has 9 heteroatoms. The molecule has 0 aliphatic rings. The topological polar surface area (TPSA) is 106 Å². The van der Waals surface area contributed by atoms with Crippen molar-refractivity contribution in [3.8, 4) is 17.2 Å². The number of carbonyl (C=O) groups is 2. The van der Waals surface area contributed by atoms with Gasteiger partial charge in [0.2, 0.25) is 0 Å². The van der Waals surface area contributed by atoms with Crippen molar-refractivity contribution in [2.45, 2.75) is 6.42 Å². The highest BCUT2D eigenvalue weighted by Gasteiger charge is 2.14. The van der Waals surface area contributed by atoms with Crippen LogP contribution in [0.2, 0.25) is 0 Å². The molecule has 158 valence electrons. The van der Waals surface area contributed by atoms with Crippen LogP contribution < -0.4 is 19.6 Å². The molecule has 0 atom stereocenters. The predicted octanol–water partition coefficient (Wildman–Crippen LogP) is 3.42. The lowest BCUT2D eigenvalue weighted by Gasteiger charge is -2.14. The molecule has 0 aliphatic heterocycles. The van der Waals surface area contributed by atoms with Gasteiger partial charge in [-0.3, -0.25) is 4.79 Å². The number of carboxylic acid groups (broad SMARTS) is 1. The van der Waals surface area contributed by atoms with Crippen LogP contribution in [0.15, 0.2) is 52.6 Å². The molecule has 1 amide bonds. The number of aliphatic carboxylic acids is 1. The Hall–Kier alpha value is -3.33. The fraction of sp³-hybridized carbons (Fsp3) is 0.190. The van der Waals surface area contributed by atoms with Crippen LogP contribution in [0.4, 0.5) is 0 Å². The zero-order chi connectivity index (χ0) is 22.1. The molecule has 0 heterocycles. The van der Waals surface area contributed by atoms with E-state index in [4.69, 9.17) is 19.3 Å². The summed E-state index contributed by atoms with van der Waals surface area (Å²) in [6.45, 7) is 3.20. The molecule has 2 aromatic rings. The average molecular weight is 477 g/mol. The van der Waals surface area contributed by atoms with Crippen molar-refractivity contribution in [1.82, 2.24) is 5.43 Å². The Kier molecular flexibility index (Phi) is 8.42. The second-order valence-electron chi connectivity index (χ2n) is 5.93. The molecule has 8 nitrogen and oxygen atoms in total. The first-order valence-electron chi connectivity index (χ1n) is 8.73. The van der Waals surface area contributed by atoms with Crippen molar-refractivity contribution in [3.05, 3.63) is 64.1 Å². The van der Waals surface area contributed by atoms with Crippen LogP contribution in [0.1, 0.15) is 21.5 Å². The molecule has 0 bridgehead atoms. The van der Waals surface area contributed by atoms with E-state index in [1.54, 1.807) is 36.4 Å². The number of amides is 1. The third-order valence-corrected chi connectivity index (χ3v) is 4.36. The monoisotopic (exact) mass is 476 g/mol. The number of rotatable bonds is 10. The molecule has 0 aromatic heterocycles. The predicted molar refractivity (Wildman–Crippen MR) is 116 cm³/mol. The maximum Gasteiger partial charge on any atom is 0.341 e. The Morgan fingerprint density at radius 1 is 1.20 bits per heavy atom. The van der Waals surface area contributed by atoms with Gasteiger partial charge in [0, 0.05) is 10.0 Å². The van der Waals surface area contributed by atoms with E-state index in [0.29, 0.717) is 40.4 Å². The number of allylic oxidation sites excluding steroid dienone is 1. The smallest absolute Gasteiger partial charge is 0.341 e. The fourth-order valence-electron chi connectivity index (χ4n) is 2.60. The standard InChI is InChI=1S/C21H21BrN2O6/c1-4-5-14-8-13(9-18(29-3)20(14)30-12-19(25)26)11-23-24-21(27)16-10-15(22)6-7-17(16)28-2/h4,6-11H,1,5,12H2,2-3H3,(H,24,27)(H,25,26)/b23-11-. The van der Waals surface area contributed by atoms with Crippen molar-refractivity contribution >= 4 is 34.0 Å². The van der Waals surface area contributed by atoms with Gasteiger partial charge in [-0.05, 0) is 42.3 Å². The van der Waals surface area contributed by atoms with E-state index >= 15 is 0 Å². The van der Waals surface area contributed by atoms with Crippen LogP contribution in [0.5, 0.6) is 17.2 Å². The van der Waals surface area contributed by atoms with Crippen LogP contribution in [0, 0.1) is 0 Å². The Balaban J connectivity index is 2.25. The summed E-state index contributed by atoms with van der Waals surface area (Å²) in [6.07, 6.45) is 3.53. The van der Waals surface area contributed by atoms with E-state index in [1.807, 2.05) is 0 Å². The first-order chi connectivity index (χ1) is 14.4. The van der Waals surface area contributed by atoms with Gasteiger partial charge in [0.1, 0.15) is 5.75 Å². The average Bonchev–Trinajstić information content (AvgIpc) is 2.72. The van der Waals surface area contributed by atoms with Crippen molar-refractivity contribution in [1.29, 1.82) is 0 Å². The summed E-state index contributed by atoms with van der Waals surface area (Å²) in [5.41, 5.74) is 4.07. The maximum atomic E-state index is 12.4. The molecular weight excluding hydrogens is 456 g/mol. The van der Waals surface area contributed by atoms with E-state index in [9.17, 15) is 9.59 Å². The second kappa shape index (κ2) is 11.0. The molecule has 2 rings (SSSR count). The van der Waals surface area contributed by atoms with E-state index in [1.165, 1.54) is 20.4 Å². The number of ether oxygens (including phenoxy) is 3. The first-order valence-corrected chi connectivity index (χ1v) is 9.52. The number of hydrogen-bond donors (Lipinski definition) is 2. The van der Waals surface area contributed by atoms with Crippen LogP contribution in [0.3, 0.4) is 0 Å². The number of halogens is 1. The lowest BCUT2D eigenvalue weighted by molar-refractivity contribution is -0.139. The van der Waals surface area contributed by atoms with Crippen molar-refractivity contribution in [3.63, 3.8) is 0 Å². The first kappa shape index (κ1) is 23.0. The van der Waals surface area contributed by atoms with Gasteiger partial charge in [0.25, 0.3) is 5.91 Å². The summed E-state index contributed by atoms with van der Waals surface area (Å²) in [7, 11) is 2.92. The largest absolute Gasteiger partial charge is 0.496 e. The molecule has 30 heavy (non-hydrogen) atoms. The van der Waals surface area contributed by atoms with Gasteiger partial charge < -0.3 is 19.3 Å². The summed E-state index contributed by atoms with van der Waals surface area (Å²) in [4.78, 5) is 23.3. The lowest BCUT2D eigenvalue weighted by atomic mass is 10.1. The van der Waals surface area contributed by atoms with Crippen molar-refractivity contribution < 1.29 is 28.9 Å². The lowest BCUT2D eigenvalue weighted by Crippen LogP contribution is -2.18. The number of carboxylic acids is 1. The fourth-order valence-corrected chi connectivity index (χ4v) is 2.96. The molecule has 2 aromatic carbocycles. The van der Waals surface area contributed by atoms with E-state index in [-0.39, 0.29) is 0 Å². The normalized spacial score (nSPS) is 10.5. The van der Waals surface area contributed by atoms with Gasteiger partial charge in [-0.1, -0.05) is 22.0 Å². The van der Waals surface area contributed by atoms with Gasteiger partial charge in [-0.25, -0.2) is 10.2 Å². The minimum absolute atomic E-state index is 0.319. The highest BCUT2D eigenvalue weighted by atomic mass is 79.9. The maximum absolute atomic E-state index is 12.4. The summed E-state index contributed by atoms with van der Waals surface area (Å²) >= 11 is 3.32. The molecule has 0 aliphatic carbocycles. The Bertz CT molecular complexity index is 974. The zero-order valence-corrected chi connectivity index (χ0v) is 18.1. The van der Waals surface area contributed by atoms with Crippen molar-refractivity contribution in [2.75, 3.05) is 20.8 Å². The highest BCUT2D eigenvalue weighted by molar-refractivity contribution is 9.10. The Morgan fingerprint density at radius 3 is 2.57 bits per heavy atom. The summed E-state index contributed by atoms with van der Waals surface area (Å²) in [5, 5.41) is 12.9. The van der Waals surface area contributed by atoms with E-state index < -0.39 is 18.5 Å². The van der Waals surface area contributed by atoms with Crippen LogP contribution in [-0.2, 0) is 11.2 Å². The summed E-state index contributed by atoms with van der Waals surface area (Å²) < 4.78 is 16.6. The number of benzene rings is 2. The Morgan fingerprint density at radius 2 is 1.93 bits per heavy atom. The quantitative estimate of drug-likeness (QED) is 0.309. The third-order valence-electron chi connectivity index (χ3n) is 3.86. The zero-order valence-electron chi connectivity index (χ0n) is 16.5. The molecular formula is C21H21BrN2O6. The number of nitrogens with one attached hydrogen (secondary N) is 1. The van der Waals surface area contributed by atoms with Crippen LogP contribution in [-0.4, -0.2) is 44.0 Å². The van der Waals surface area contributed by atoms with Gasteiger partial charge in [0.05, 0.1) is 26.0 Å². The molecule has 0 saturated heterocycles. The second-order valence-corrected chi connectivity index (χ2v) is 6.85. The SMILES string of the molecule is C=CCc1cc(/C=N\NC(=O)c2cc(Br)ccc2OC)cc(OC)c1OCC(=O)O. The molecule has 0 radical (unpaired) electrons. The summed E-state index contributed by atoms with van der Waals surface area (Å²) in [6, 6.07) is 8.44. The number of nitrogens with zero attached hydrogens (tertiary/aromatic N) is 1. The van der Waals surface area contributed by atoms with Gasteiger partial charge in [0.15, 0.2) is 18.1 Å². The molecule has 0 unspecified atom stereocenters. The molecule has 0 spiro atoms. The van der Waals surface area contributed by atoms with E-state index in [0.717, 1.165) is 4.47 Å². The number of methoxy groups -OCH3 is 2. The molecule has 0 saturated carbocycles. The number of hydrazone groups is 1. The Labute approximate surface area is 182 Å². The summed E-state index contributed by atoms with van der Waals surface area (Å²) in [5.74, 6) is -0.459. The van der Waals surface area contributed by atoms with Gasteiger partial charge >= 0.3 is 5.97 Å². The number of hydrogen-bond acceptors (Lipinski definition) is 6. The minimum Gasteiger partial charge on any atom is -0.496 e. The van der Waals surface area contributed by atoms with Gasteiger partial charge in [-0.15, -0.1) is 6.58 Å². The van der Waals surface area contributed by atoms with Gasteiger partial charge in [-0.2, -0.15) is 5.10 Å². The third kappa shape index (κ3) is 6.08. The van der Waals surface area contributed by atoms with Crippen LogP contribution >= 0.6 is 15.9 Å². The van der Waals surface area contributed by atoms with Crippen LogP contribution in [0.25, 0.3) is 0 Å². The molecule has 0 fully saturated rings.